The van der Waals surface area contributed by atoms with E-state index in [2.05, 4.69) is 30.3 Å². The molecule has 1 heterocycles. The quantitative estimate of drug-likeness (QED) is 0.899. The summed E-state index contributed by atoms with van der Waals surface area (Å²) in [6, 6.07) is 0.0340. The SMILES string of the molecule is Cc1ncn(C2CC(C(C)(C)C)CCC2C(=O)O)c1C. The Balaban J connectivity index is 2.33. The van der Waals surface area contributed by atoms with Crippen molar-refractivity contribution in [2.45, 2.75) is 59.9 Å². The average molecular weight is 278 g/mol. The smallest absolute Gasteiger partial charge is 0.308 e. The molecule has 1 aromatic rings. The van der Waals surface area contributed by atoms with Gasteiger partial charge in [0, 0.05) is 11.7 Å². The van der Waals surface area contributed by atoms with E-state index in [9.17, 15) is 9.90 Å². The third-order valence-electron chi connectivity index (χ3n) is 5.00. The van der Waals surface area contributed by atoms with Crippen molar-refractivity contribution in [1.29, 1.82) is 0 Å². The molecule has 112 valence electrons. The summed E-state index contributed by atoms with van der Waals surface area (Å²) in [6.45, 7) is 10.8. The Kier molecular flexibility index (Phi) is 3.94. The van der Waals surface area contributed by atoms with Gasteiger partial charge < -0.3 is 9.67 Å². The van der Waals surface area contributed by atoms with Gasteiger partial charge in [0.15, 0.2) is 0 Å². The van der Waals surface area contributed by atoms with Crippen molar-refractivity contribution in [3.05, 3.63) is 17.7 Å². The molecule has 20 heavy (non-hydrogen) atoms. The van der Waals surface area contributed by atoms with Crippen LogP contribution in [-0.2, 0) is 4.79 Å². The highest BCUT2D eigenvalue weighted by molar-refractivity contribution is 5.70. The lowest BCUT2D eigenvalue weighted by atomic mass is 9.67. The number of aliphatic carboxylic acids is 1. The summed E-state index contributed by atoms with van der Waals surface area (Å²) >= 11 is 0. The van der Waals surface area contributed by atoms with E-state index in [1.54, 1.807) is 0 Å². The van der Waals surface area contributed by atoms with Crippen molar-refractivity contribution < 1.29 is 9.90 Å². The lowest BCUT2D eigenvalue weighted by Gasteiger charge is -2.41. The molecule has 1 fully saturated rings. The van der Waals surface area contributed by atoms with Gasteiger partial charge in [0.1, 0.15) is 0 Å². The number of aromatic nitrogens is 2. The molecule has 4 heteroatoms. The molecule has 0 bridgehead atoms. The van der Waals surface area contributed by atoms with Gasteiger partial charge >= 0.3 is 5.97 Å². The predicted molar refractivity (Wildman–Crippen MR) is 78.7 cm³/mol. The van der Waals surface area contributed by atoms with Crippen LogP contribution in [0.4, 0.5) is 0 Å². The molecule has 3 atom stereocenters. The van der Waals surface area contributed by atoms with Gasteiger partial charge in [-0.15, -0.1) is 0 Å². The van der Waals surface area contributed by atoms with Crippen molar-refractivity contribution in [2.75, 3.05) is 0 Å². The number of hydrogen-bond donors (Lipinski definition) is 1. The first-order valence-corrected chi connectivity index (χ1v) is 7.44. The van der Waals surface area contributed by atoms with Crippen molar-refractivity contribution in [1.82, 2.24) is 9.55 Å². The Labute approximate surface area is 121 Å². The molecule has 0 radical (unpaired) electrons. The van der Waals surface area contributed by atoms with Crippen LogP contribution in [0.25, 0.3) is 0 Å². The molecule has 1 aliphatic rings. The van der Waals surface area contributed by atoms with Gasteiger partial charge in [0.25, 0.3) is 0 Å². The molecule has 0 aromatic carbocycles. The highest BCUT2D eigenvalue weighted by atomic mass is 16.4. The van der Waals surface area contributed by atoms with E-state index < -0.39 is 5.97 Å². The Bertz CT molecular complexity index is 499. The summed E-state index contributed by atoms with van der Waals surface area (Å²) in [7, 11) is 0. The molecule has 0 aliphatic heterocycles. The van der Waals surface area contributed by atoms with Crippen LogP contribution in [-0.4, -0.2) is 20.6 Å². The highest BCUT2D eigenvalue weighted by Gasteiger charge is 2.40. The summed E-state index contributed by atoms with van der Waals surface area (Å²) in [6.07, 6.45) is 4.51. The van der Waals surface area contributed by atoms with Gasteiger partial charge in [-0.25, -0.2) is 4.98 Å². The number of carbonyl (C=O) groups is 1. The number of hydrogen-bond acceptors (Lipinski definition) is 2. The average Bonchev–Trinajstić information content (AvgIpc) is 2.68. The molecule has 1 N–H and O–H groups in total. The van der Waals surface area contributed by atoms with Gasteiger partial charge in [-0.05, 0) is 44.4 Å². The van der Waals surface area contributed by atoms with E-state index in [-0.39, 0.29) is 17.4 Å². The Morgan fingerprint density at radius 2 is 2.00 bits per heavy atom. The van der Waals surface area contributed by atoms with E-state index in [0.29, 0.717) is 5.92 Å². The summed E-state index contributed by atoms with van der Waals surface area (Å²) in [5.74, 6) is -0.404. The molecule has 2 rings (SSSR count). The van der Waals surface area contributed by atoms with Crippen LogP contribution in [0.1, 0.15) is 57.5 Å². The third kappa shape index (κ3) is 2.74. The Morgan fingerprint density at radius 1 is 1.35 bits per heavy atom. The number of imidazole rings is 1. The van der Waals surface area contributed by atoms with Crippen LogP contribution < -0.4 is 0 Å². The summed E-state index contributed by atoms with van der Waals surface area (Å²) in [5.41, 5.74) is 2.31. The first-order chi connectivity index (χ1) is 9.21. The molecule has 4 nitrogen and oxygen atoms in total. The maximum absolute atomic E-state index is 11.6. The molecule has 1 aromatic heterocycles. The first kappa shape index (κ1) is 15.1. The van der Waals surface area contributed by atoms with Crippen molar-refractivity contribution in [2.24, 2.45) is 17.3 Å². The largest absolute Gasteiger partial charge is 0.481 e. The number of nitrogens with zero attached hydrogens (tertiary/aromatic N) is 2. The second-order valence-electron chi connectivity index (χ2n) is 7.21. The molecule has 0 amide bonds. The fraction of sp³-hybridized carbons (Fsp3) is 0.750. The maximum atomic E-state index is 11.6. The predicted octanol–water partition coefficient (Wildman–Crippen LogP) is 3.59. The van der Waals surface area contributed by atoms with Gasteiger partial charge in [-0.3, -0.25) is 4.79 Å². The van der Waals surface area contributed by atoms with E-state index in [1.807, 2.05) is 20.2 Å². The Morgan fingerprint density at radius 3 is 2.45 bits per heavy atom. The van der Waals surface area contributed by atoms with Gasteiger partial charge in [-0.1, -0.05) is 20.8 Å². The van der Waals surface area contributed by atoms with E-state index in [1.165, 1.54) is 0 Å². The molecule has 3 unspecified atom stereocenters. The topological polar surface area (TPSA) is 55.1 Å². The molecular formula is C16H26N2O2. The minimum Gasteiger partial charge on any atom is -0.481 e. The van der Waals surface area contributed by atoms with Gasteiger partial charge in [-0.2, -0.15) is 0 Å². The number of aryl methyl sites for hydroxylation is 1. The zero-order valence-electron chi connectivity index (χ0n) is 13.2. The lowest BCUT2D eigenvalue weighted by molar-refractivity contribution is -0.145. The van der Waals surface area contributed by atoms with E-state index in [4.69, 9.17) is 0 Å². The molecule has 0 saturated heterocycles. The fourth-order valence-electron chi connectivity index (χ4n) is 3.38. The number of carboxylic acid groups (broad SMARTS) is 1. The Hall–Kier alpha value is -1.32. The maximum Gasteiger partial charge on any atom is 0.308 e. The zero-order valence-corrected chi connectivity index (χ0v) is 13.2. The van der Waals surface area contributed by atoms with Crippen LogP contribution in [0, 0.1) is 31.1 Å². The zero-order chi connectivity index (χ0) is 15.1. The van der Waals surface area contributed by atoms with Crippen LogP contribution in [0.3, 0.4) is 0 Å². The van der Waals surface area contributed by atoms with Crippen LogP contribution in [0.2, 0.25) is 0 Å². The van der Waals surface area contributed by atoms with E-state index in [0.717, 1.165) is 30.7 Å². The molecular weight excluding hydrogens is 252 g/mol. The third-order valence-corrected chi connectivity index (χ3v) is 5.00. The van der Waals surface area contributed by atoms with Crippen LogP contribution in [0.15, 0.2) is 6.33 Å². The second kappa shape index (κ2) is 5.23. The minimum absolute atomic E-state index is 0.0340. The standard InChI is InChI=1S/C16H26N2O2/c1-10-11(2)18(9-17-10)14-8-12(16(3,4)5)6-7-13(14)15(19)20/h9,12-14H,6-8H2,1-5H3,(H,19,20). The molecule has 0 spiro atoms. The van der Waals surface area contributed by atoms with Crippen molar-refractivity contribution >= 4 is 5.97 Å². The van der Waals surface area contributed by atoms with Gasteiger partial charge in [0.05, 0.1) is 17.9 Å². The second-order valence-corrected chi connectivity index (χ2v) is 7.21. The van der Waals surface area contributed by atoms with Crippen LogP contribution >= 0.6 is 0 Å². The normalized spacial score (nSPS) is 27.6. The fourth-order valence-corrected chi connectivity index (χ4v) is 3.38. The lowest BCUT2D eigenvalue weighted by Crippen LogP contribution is -2.36. The van der Waals surface area contributed by atoms with E-state index >= 15 is 0 Å². The van der Waals surface area contributed by atoms with Crippen molar-refractivity contribution in [3.63, 3.8) is 0 Å². The van der Waals surface area contributed by atoms with Crippen LogP contribution in [0.5, 0.6) is 0 Å². The number of rotatable bonds is 2. The minimum atomic E-state index is -0.673. The molecule has 1 saturated carbocycles. The summed E-state index contributed by atoms with van der Waals surface area (Å²) in [4.78, 5) is 15.9. The summed E-state index contributed by atoms with van der Waals surface area (Å²) < 4.78 is 2.09. The summed E-state index contributed by atoms with van der Waals surface area (Å²) in [5, 5.41) is 9.52. The monoisotopic (exact) mass is 278 g/mol. The number of carboxylic acids is 1. The highest BCUT2D eigenvalue weighted by Crippen LogP contribution is 2.45. The molecule has 1 aliphatic carbocycles. The first-order valence-electron chi connectivity index (χ1n) is 7.44. The van der Waals surface area contributed by atoms with Gasteiger partial charge in [0.2, 0.25) is 0 Å². The van der Waals surface area contributed by atoms with Crippen molar-refractivity contribution in [3.8, 4) is 0 Å².